The average molecular weight is 769 g/mol. The number of aromatic nitrogens is 2. The van der Waals surface area contributed by atoms with Crippen molar-refractivity contribution in [1.82, 2.24) is 9.97 Å². The Kier molecular flexibility index (Phi) is 9.48. The second kappa shape index (κ2) is 13.3. The molecule has 0 amide bonds. The molecule has 7 aromatic rings. The van der Waals surface area contributed by atoms with Gasteiger partial charge in [0.05, 0.1) is 8.07 Å². The maximum absolute atomic E-state index is 4.59. The predicted molar refractivity (Wildman–Crippen MR) is 183 cm³/mol. The third kappa shape index (κ3) is 6.76. The Hall–Kier alpha value is -3.73. The third-order valence-corrected chi connectivity index (χ3v) is 10.6. The molecule has 3 heterocycles. The normalized spacial score (nSPS) is 11.1. The minimum atomic E-state index is -1.23. The largest absolute Gasteiger partial charge is 0.305 e. The van der Waals surface area contributed by atoms with Gasteiger partial charge >= 0.3 is 0 Å². The number of thiophene rings is 1. The van der Waals surface area contributed by atoms with Crippen molar-refractivity contribution < 1.29 is 20.1 Å². The van der Waals surface area contributed by atoms with E-state index in [-0.39, 0.29) is 20.1 Å². The summed E-state index contributed by atoms with van der Waals surface area (Å²) in [5.74, 6) is 0. The fourth-order valence-corrected chi connectivity index (χ4v) is 7.40. The molecule has 5 heteroatoms. The van der Waals surface area contributed by atoms with Gasteiger partial charge in [0, 0.05) is 37.2 Å². The molecule has 43 heavy (non-hydrogen) atoms. The first kappa shape index (κ1) is 30.7. The SMILES string of the molecule is C[Si](C)(C)c1ccc(-c2[c-]cccc2)nc1.Cc1ccnc(-c2[c-]ccc3c2sc2c(-c4ccccc4)cccc23)c1.[Ir]. The Morgan fingerprint density at radius 2 is 1.47 bits per heavy atom. The van der Waals surface area contributed by atoms with Crippen molar-refractivity contribution in [3.8, 4) is 33.6 Å². The minimum Gasteiger partial charge on any atom is -0.305 e. The van der Waals surface area contributed by atoms with Crippen LogP contribution in [0.15, 0.2) is 122 Å². The van der Waals surface area contributed by atoms with Crippen LogP contribution in [0.3, 0.4) is 0 Å². The van der Waals surface area contributed by atoms with Gasteiger partial charge in [-0.3, -0.25) is 0 Å². The number of rotatable bonds is 4. The van der Waals surface area contributed by atoms with Crippen LogP contribution in [-0.2, 0) is 20.1 Å². The van der Waals surface area contributed by atoms with Gasteiger partial charge < -0.3 is 9.97 Å². The molecule has 0 aliphatic carbocycles. The quantitative estimate of drug-likeness (QED) is 0.132. The fraction of sp³-hybridized carbons (Fsp3) is 0.105. The Morgan fingerprint density at radius 3 is 2.16 bits per heavy atom. The molecule has 3 aromatic heterocycles. The first-order valence-corrected chi connectivity index (χ1v) is 18.5. The van der Waals surface area contributed by atoms with Gasteiger partial charge in [-0.05, 0) is 50.8 Å². The smallest absolute Gasteiger partial charge is 0.0795 e. The second-order valence-corrected chi connectivity index (χ2v) is 17.5. The fourth-order valence-electron chi connectivity index (χ4n) is 5.02. The molecule has 0 N–H and O–H groups in total. The van der Waals surface area contributed by atoms with Crippen molar-refractivity contribution in [1.29, 1.82) is 0 Å². The number of aryl methyl sites for hydroxylation is 1. The van der Waals surface area contributed by atoms with E-state index in [1.807, 2.05) is 60.1 Å². The number of hydrogen-bond donors (Lipinski definition) is 0. The van der Waals surface area contributed by atoms with Crippen LogP contribution < -0.4 is 5.19 Å². The molecule has 0 fully saturated rings. The van der Waals surface area contributed by atoms with Gasteiger partial charge in [-0.2, -0.15) is 11.3 Å². The molecule has 0 bridgehead atoms. The van der Waals surface area contributed by atoms with Gasteiger partial charge in [-0.1, -0.05) is 97.3 Å². The Labute approximate surface area is 272 Å². The molecular weight excluding hydrogens is 737 g/mol. The van der Waals surface area contributed by atoms with Crippen LogP contribution >= 0.6 is 11.3 Å². The molecule has 2 nitrogen and oxygen atoms in total. The summed E-state index contributed by atoms with van der Waals surface area (Å²) in [6, 6.07) is 44.4. The first-order chi connectivity index (χ1) is 20.4. The van der Waals surface area contributed by atoms with Crippen molar-refractivity contribution in [3.05, 3.63) is 139 Å². The van der Waals surface area contributed by atoms with Crippen LogP contribution in [0, 0.1) is 19.1 Å². The molecule has 0 aliphatic heterocycles. The van der Waals surface area contributed by atoms with Gasteiger partial charge in [0.1, 0.15) is 0 Å². The molecule has 1 radical (unpaired) electrons. The Bertz CT molecular complexity index is 1960. The van der Waals surface area contributed by atoms with E-state index < -0.39 is 8.07 Å². The zero-order chi connectivity index (χ0) is 29.1. The van der Waals surface area contributed by atoms with E-state index in [1.165, 1.54) is 42.0 Å². The maximum atomic E-state index is 4.59. The van der Waals surface area contributed by atoms with E-state index in [0.717, 1.165) is 22.5 Å². The standard InChI is InChI=1S/C24H16NS.C14H16NSi.Ir/c1-16-13-14-25-22(15-16)21-12-6-11-20-19-10-5-9-18(23(19)26-24(20)21)17-7-3-2-4-8-17;1-16(2,3)13-9-10-14(15-11-13)12-7-5-4-6-8-12;/h2-11,13-15H,1H3;4-7,9-11H,1-3H3;/q2*-1;. The molecule has 0 aliphatic rings. The van der Waals surface area contributed by atoms with Crippen LogP contribution in [0.25, 0.3) is 53.8 Å². The summed E-state index contributed by atoms with van der Waals surface area (Å²) >= 11 is 1.84. The van der Waals surface area contributed by atoms with E-state index in [2.05, 4.69) is 121 Å². The number of nitrogens with zero attached hydrogens (tertiary/aromatic N) is 2. The monoisotopic (exact) mass is 769 g/mol. The van der Waals surface area contributed by atoms with Gasteiger partial charge in [-0.25, -0.2) is 0 Å². The van der Waals surface area contributed by atoms with Gasteiger partial charge in [0.15, 0.2) is 0 Å². The Morgan fingerprint density at radius 1 is 0.674 bits per heavy atom. The van der Waals surface area contributed by atoms with Crippen molar-refractivity contribution in [2.75, 3.05) is 0 Å². The minimum absolute atomic E-state index is 0. The topological polar surface area (TPSA) is 25.8 Å². The van der Waals surface area contributed by atoms with Crippen LogP contribution in [0.2, 0.25) is 19.6 Å². The summed E-state index contributed by atoms with van der Waals surface area (Å²) in [4.78, 5) is 9.10. The van der Waals surface area contributed by atoms with Crippen LogP contribution in [0.5, 0.6) is 0 Å². The summed E-state index contributed by atoms with van der Waals surface area (Å²) in [6.07, 6.45) is 3.89. The molecule has 7 rings (SSSR count). The zero-order valence-electron chi connectivity index (χ0n) is 24.7. The van der Waals surface area contributed by atoms with E-state index in [1.54, 1.807) is 0 Å². The van der Waals surface area contributed by atoms with Crippen molar-refractivity contribution in [2.45, 2.75) is 26.6 Å². The van der Waals surface area contributed by atoms with Crippen molar-refractivity contribution >= 4 is 44.8 Å². The second-order valence-electron chi connectivity index (χ2n) is 11.4. The molecule has 215 valence electrons. The zero-order valence-corrected chi connectivity index (χ0v) is 28.9. The molecule has 0 saturated heterocycles. The summed E-state index contributed by atoms with van der Waals surface area (Å²) in [5.41, 5.74) is 7.89. The summed E-state index contributed by atoms with van der Waals surface area (Å²) in [6.45, 7) is 9.10. The molecule has 0 atom stereocenters. The molecule has 4 aromatic carbocycles. The molecule has 0 saturated carbocycles. The van der Waals surface area contributed by atoms with Gasteiger partial charge in [0.25, 0.3) is 0 Å². The van der Waals surface area contributed by atoms with E-state index in [0.29, 0.717) is 0 Å². The third-order valence-electron chi connectivity index (χ3n) is 7.33. The predicted octanol–water partition coefficient (Wildman–Crippen LogP) is 9.98. The van der Waals surface area contributed by atoms with Crippen molar-refractivity contribution in [2.24, 2.45) is 0 Å². The molecule has 0 unspecified atom stereocenters. The summed E-state index contributed by atoms with van der Waals surface area (Å²) in [7, 11) is -1.23. The first-order valence-electron chi connectivity index (χ1n) is 14.2. The number of pyridine rings is 2. The number of fused-ring (bicyclic) bond motifs is 3. The van der Waals surface area contributed by atoms with Crippen LogP contribution in [-0.4, -0.2) is 18.0 Å². The number of benzene rings is 4. The number of hydrogen-bond acceptors (Lipinski definition) is 3. The van der Waals surface area contributed by atoms with E-state index >= 15 is 0 Å². The van der Waals surface area contributed by atoms with Gasteiger partial charge in [0.2, 0.25) is 0 Å². The molecular formula is C38H32IrN2SSi-2. The maximum Gasteiger partial charge on any atom is 0.0795 e. The van der Waals surface area contributed by atoms with Gasteiger partial charge in [-0.15, -0.1) is 59.7 Å². The van der Waals surface area contributed by atoms with E-state index in [4.69, 9.17) is 0 Å². The summed E-state index contributed by atoms with van der Waals surface area (Å²) in [5, 5.41) is 3.97. The van der Waals surface area contributed by atoms with Crippen LogP contribution in [0.4, 0.5) is 0 Å². The van der Waals surface area contributed by atoms with Crippen LogP contribution in [0.1, 0.15) is 5.56 Å². The Balaban J connectivity index is 0.000000188. The van der Waals surface area contributed by atoms with E-state index in [9.17, 15) is 0 Å². The van der Waals surface area contributed by atoms with Crippen molar-refractivity contribution in [3.63, 3.8) is 0 Å². The average Bonchev–Trinajstić information content (AvgIpc) is 3.41. The molecule has 0 spiro atoms. The summed E-state index contributed by atoms with van der Waals surface area (Å²) < 4.78 is 2.58.